The molecule has 6 heterocycles. The maximum Gasteiger partial charge on any atom is 0.222 e. The van der Waals surface area contributed by atoms with Gasteiger partial charge in [0.25, 0.3) is 0 Å². The van der Waals surface area contributed by atoms with Crippen LogP contribution in [0.25, 0.3) is 50.4 Å². The zero-order chi connectivity index (χ0) is 39.0. The van der Waals surface area contributed by atoms with E-state index < -0.39 is 36.5 Å². The van der Waals surface area contributed by atoms with E-state index in [9.17, 15) is 25.2 Å². The molecule has 0 spiro atoms. The third-order valence-electron chi connectivity index (χ3n) is 11.1. The van der Waals surface area contributed by atoms with Crippen LogP contribution in [0.4, 0.5) is 0 Å². The number of ether oxygens (including phenoxy) is 1. The van der Waals surface area contributed by atoms with Gasteiger partial charge in [-0.15, -0.1) is 11.8 Å². The number of thioether (sulfide) groups is 1. The summed E-state index contributed by atoms with van der Waals surface area (Å²) in [6, 6.07) is 8.50. The van der Waals surface area contributed by atoms with Gasteiger partial charge in [-0.2, -0.15) is 0 Å². The van der Waals surface area contributed by atoms with Crippen LogP contribution in [-0.4, -0.2) is 107 Å². The fourth-order valence-electron chi connectivity index (χ4n) is 7.59. The molecule has 3 aromatic rings. The number of carbonyl (C=O) groups excluding carboxylic acids is 1. The Labute approximate surface area is 320 Å². The van der Waals surface area contributed by atoms with Crippen LogP contribution in [-0.2, 0) is 9.53 Å². The molecule has 0 saturated carbocycles. The molecule has 1 saturated heterocycles. The molecule has 0 unspecified atom stereocenters. The molecule has 3 aromatic heterocycles. The summed E-state index contributed by atoms with van der Waals surface area (Å²) in [5.74, 6) is 0.555. The van der Waals surface area contributed by atoms with Gasteiger partial charge in [0.05, 0.1) is 29.4 Å². The van der Waals surface area contributed by atoms with Crippen molar-refractivity contribution in [1.82, 2.24) is 24.8 Å². The summed E-state index contributed by atoms with van der Waals surface area (Å²) in [7, 11) is 1.79. The largest absolute Gasteiger partial charge is 0.394 e. The van der Waals surface area contributed by atoms with E-state index in [0.717, 1.165) is 84.7 Å². The molecule has 8 bridgehead atoms. The summed E-state index contributed by atoms with van der Waals surface area (Å²) in [5, 5.41) is 40.0. The third-order valence-corrected chi connectivity index (χ3v) is 12.4. The van der Waals surface area contributed by atoms with Crippen LogP contribution in [0.15, 0.2) is 30.8 Å². The molecule has 12 heteroatoms. The van der Waals surface area contributed by atoms with E-state index in [1.54, 1.807) is 11.9 Å². The number of rotatable bonds is 11. The molecule has 3 aliphatic rings. The molecule has 0 aromatic carbocycles. The molecule has 1 amide bonds. The Balaban J connectivity index is 1.29. The van der Waals surface area contributed by atoms with E-state index in [4.69, 9.17) is 14.7 Å². The van der Waals surface area contributed by atoms with Crippen molar-refractivity contribution >= 4 is 68.1 Å². The van der Waals surface area contributed by atoms with Gasteiger partial charge >= 0.3 is 0 Å². The highest BCUT2D eigenvalue weighted by atomic mass is 32.2. The lowest BCUT2D eigenvalue weighted by atomic mass is 9.98. The van der Waals surface area contributed by atoms with Crippen molar-refractivity contribution in [2.24, 2.45) is 0 Å². The number of nitrogens with one attached hydrogen (secondary N) is 2. The lowest BCUT2D eigenvalue weighted by Crippen LogP contribution is -2.57. The van der Waals surface area contributed by atoms with Gasteiger partial charge in [0, 0.05) is 47.6 Å². The quantitative estimate of drug-likeness (QED) is 0.123. The number of hydrogen-bond donors (Lipinski definition) is 6. The zero-order valence-corrected chi connectivity index (χ0v) is 33.1. The highest BCUT2D eigenvalue weighted by Gasteiger charge is 2.43. The smallest absolute Gasteiger partial charge is 0.222 e. The highest BCUT2D eigenvalue weighted by Crippen LogP contribution is 2.38. The Hall–Kier alpha value is -4.04. The Morgan fingerprint density at radius 3 is 2.24 bits per heavy atom. The second-order valence-electron chi connectivity index (χ2n) is 14.6. The van der Waals surface area contributed by atoms with Crippen molar-refractivity contribution in [2.45, 2.75) is 97.1 Å². The maximum absolute atomic E-state index is 13.5. The fraction of sp³-hybridized carbons (Fsp3) is 0.452. The second-order valence-corrected chi connectivity index (χ2v) is 15.8. The molecule has 5 atom stereocenters. The van der Waals surface area contributed by atoms with Gasteiger partial charge < -0.3 is 40.0 Å². The van der Waals surface area contributed by atoms with Crippen LogP contribution in [0.5, 0.6) is 0 Å². The number of fused-ring (bicyclic) bond motifs is 8. The van der Waals surface area contributed by atoms with Crippen LogP contribution in [0, 0.1) is 20.8 Å². The molecule has 0 aliphatic carbocycles. The predicted octanol–water partition coefficient (Wildman–Crippen LogP) is 6.32. The summed E-state index contributed by atoms with van der Waals surface area (Å²) in [5.41, 5.74) is 15.3. The molecule has 1 fully saturated rings. The van der Waals surface area contributed by atoms with E-state index in [-0.39, 0.29) is 5.91 Å². The van der Waals surface area contributed by atoms with Crippen molar-refractivity contribution in [2.75, 3.05) is 26.0 Å². The number of aliphatic hydroxyl groups excluding tert-OH is 4. The predicted molar refractivity (Wildman–Crippen MR) is 218 cm³/mol. The number of H-pyrrole nitrogens is 2. The summed E-state index contributed by atoms with van der Waals surface area (Å²) >= 11 is 1.29. The summed E-state index contributed by atoms with van der Waals surface area (Å²) in [4.78, 5) is 32.8. The minimum atomic E-state index is -1.40. The Morgan fingerprint density at radius 2 is 1.54 bits per heavy atom. The van der Waals surface area contributed by atoms with Crippen LogP contribution >= 0.6 is 11.8 Å². The lowest BCUT2D eigenvalue weighted by molar-refractivity contribution is -0.205. The Morgan fingerprint density at radius 1 is 0.889 bits per heavy atom. The lowest BCUT2D eigenvalue weighted by Gasteiger charge is -2.39. The average Bonchev–Trinajstić information content (AvgIpc) is 3.86. The molecule has 6 rings (SSSR count). The molecule has 6 N–H and O–H groups in total. The Kier molecular flexibility index (Phi) is 12.0. The van der Waals surface area contributed by atoms with E-state index in [1.807, 2.05) is 6.08 Å². The van der Waals surface area contributed by atoms with E-state index in [0.29, 0.717) is 31.6 Å². The number of aliphatic hydroxyl groups is 4. The molecular weight excluding hydrogens is 703 g/mol. The average molecular weight is 756 g/mol. The van der Waals surface area contributed by atoms with E-state index in [2.05, 4.69) is 82.4 Å². The van der Waals surface area contributed by atoms with Crippen LogP contribution in [0.2, 0.25) is 0 Å². The normalized spacial score (nSPS) is 21.6. The molecular formula is C42H53N5O6S. The first-order valence-corrected chi connectivity index (χ1v) is 19.7. The number of nitrogens with zero attached hydrogens (tertiary/aromatic N) is 3. The first-order valence-electron chi connectivity index (χ1n) is 18.7. The molecule has 0 radical (unpaired) electrons. The SMILES string of the molecule is C=Cc1c(C)c2cc3nc(c(C)c4cc(C)c(cc5nc(cc1[nH]2)C(C)=C5CC)[nH]4)C(CCC(=O)N(C)CCCS[C@@H]1O[C@H](CO)[C@@H](O)[C@H](O)[C@H]1O)=C3C. The van der Waals surface area contributed by atoms with Crippen molar-refractivity contribution in [1.29, 1.82) is 0 Å². The van der Waals surface area contributed by atoms with Crippen LogP contribution in [0.1, 0.15) is 91.5 Å². The zero-order valence-electron chi connectivity index (χ0n) is 32.3. The molecule has 3 aliphatic heterocycles. The summed E-state index contributed by atoms with van der Waals surface area (Å²) in [6.07, 6.45) is -0.811. The van der Waals surface area contributed by atoms with E-state index in [1.165, 1.54) is 22.9 Å². The number of aromatic amines is 2. The Bertz CT molecular complexity index is 2180. The number of aryl methyl sites for hydroxylation is 3. The molecule has 54 heavy (non-hydrogen) atoms. The molecule has 11 nitrogen and oxygen atoms in total. The number of allylic oxidation sites excluding steroid dienone is 4. The van der Waals surface area contributed by atoms with Gasteiger partial charge in [-0.05, 0) is 123 Å². The topological polar surface area (TPSA) is 168 Å². The highest BCUT2D eigenvalue weighted by molar-refractivity contribution is 7.99. The van der Waals surface area contributed by atoms with Gasteiger partial charge in [-0.25, -0.2) is 9.97 Å². The van der Waals surface area contributed by atoms with Gasteiger partial charge in [-0.1, -0.05) is 19.6 Å². The summed E-state index contributed by atoms with van der Waals surface area (Å²) < 4.78 is 5.60. The monoisotopic (exact) mass is 755 g/mol. The van der Waals surface area contributed by atoms with E-state index >= 15 is 0 Å². The fourth-order valence-corrected chi connectivity index (χ4v) is 8.69. The third kappa shape index (κ3) is 7.60. The number of carbonyl (C=O) groups is 1. The van der Waals surface area contributed by atoms with Gasteiger partial charge in [0.2, 0.25) is 5.91 Å². The van der Waals surface area contributed by atoms with Crippen molar-refractivity contribution in [3.8, 4) is 0 Å². The van der Waals surface area contributed by atoms with Crippen molar-refractivity contribution in [3.63, 3.8) is 0 Å². The first kappa shape index (κ1) is 39.6. The number of hydrogen-bond acceptors (Lipinski definition) is 9. The molecule has 288 valence electrons. The van der Waals surface area contributed by atoms with Crippen molar-refractivity contribution in [3.05, 3.63) is 75.9 Å². The van der Waals surface area contributed by atoms with Gasteiger partial charge in [-0.3, -0.25) is 4.79 Å². The summed E-state index contributed by atoms with van der Waals surface area (Å²) in [6.45, 7) is 16.8. The maximum atomic E-state index is 13.5. The minimum absolute atomic E-state index is 0.00740. The first-order chi connectivity index (χ1) is 25.8. The van der Waals surface area contributed by atoms with Crippen LogP contribution < -0.4 is 0 Å². The van der Waals surface area contributed by atoms with Gasteiger partial charge in [0.1, 0.15) is 29.9 Å². The van der Waals surface area contributed by atoms with Crippen LogP contribution in [0.3, 0.4) is 0 Å². The number of aromatic nitrogens is 4. The second kappa shape index (κ2) is 16.4. The van der Waals surface area contributed by atoms with Gasteiger partial charge in [0.15, 0.2) is 0 Å². The minimum Gasteiger partial charge on any atom is -0.394 e. The standard InChI is InChI=1S/C42H53N5O6S/c1-9-26-23(5)32-19-35-27(10-2)22(4)31(44-35)18-33-24(6)28(38(46-33)25(7)30-16-21(3)29(43-30)17-34(26)45-32)12-13-37(49)47(8)14-11-15-54-42-41(52)40(51)39(50)36(20-48)53-42/h10,16-19,36,39-44,48,50-52H,2,9,11-15,20H2,1,3-8H3/t36-,39-,40+,41-,42+/m1/s1. The number of amides is 1. The van der Waals surface area contributed by atoms with Crippen molar-refractivity contribution < 1.29 is 30.0 Å².